The van der Waals surface area contributed by atoms with Crippen molar-refractivity contribution in [1.29, 1.82) is 0 Å². The molecule has 0 aliphatic carbocycles. The number of hydrogen-bond acceptors (Lipinski definition) is 2. The molecule has 0 spiro atoms. The number of benzene rings is 2. The lowest BCUT2D eigenvalue weighted by atomic mass is 10.1. The van der Waals surface area contributed by atoms with Crippen molar-refractivity contribution >= 4 is 10.8 Å². The second kappa shape index (κ2) is 5.41. The quantitative estimate of drug-likeness (QED) is 0.519. The van der Waals surface area contributed by atoms with Crippen molar-refractivity contribution < 1.29 is 0 Å². The van der Waals surface area contributed by atoms with Gasteiger partial charge in [-0.25, -0.2) is 4.98 Å². The summed E-state index contributed by atoms with van der Waals surface area (Å²) in [4.78, 5) is 9.31. The zero-order valence-electron chi connectivity index (χ0n) is 12.0. The molecule has 0 fully saturated rings. The summed E-state index contributed by atoms with van der Waals surface area (Å²) in [6.07, 6.45) is 1.90. The van der Waals surface area contributed by atoms with Crippen LogP contribution in [0.2, 0.25) is 0 Å². The maximum Gasteiger partial charge on any atom is 0.0893 e. The lowest BCUT2D eigenvalue weighted by molar-refractivity contribution is 1.26. The number of fused-ring (bicyclic) bond motifs is 1. The fourth-order valence-electron chi connectivity index (χ4n) is 2.57. The Bertz CT molecular complexity index is 930. The number of rotatable bonds is 2. The molecule has 2 aromatic heterocycles. The molecule has 0 aliphatic heterocycles. The van der Waals surface area contributed by atoms with Gasteiger partial charge in [-0.15, -0.1) is 0 Å². The van der Waals surface area contributed by atoms with Gasteiger partial charge in [-0.2, -0.15) is 0 Å². The first-order valence-corrected chi connectivity index (χ1v) is 7.28. The van der Waals surface area contributed by atoms with Gasteiger partial charge in [0, 0.05) is 17.1 Å². The molecule has 2 aromatic carbocycles. The molecule has 0 unspecified atom stereocenters. The van der Waals surface area contributed by atoms with Crippen LogP contribution in [0.15, 0.2) is 85.1 Å². The average Bonchev–Trinajstić information content (AvgIpc) is 2.62. The topological polar surface area (TPSA) is 25.8 Å². The standard InChI is InChI=1S/C20H14N2/c1-2-7-15(8-3-1)18-11-6-12-19(22-18)20-13-16-9-4-5-10-17(16)14-21-20/h1-14H. The van der Waals surface area contributed by atoms with E-state index in [4.69, 9.17) is 4.98 Å². The molecule has 0 N–H and O–H groups in total. The second-order valence-electron chi connectivity index (χ2n) is 5.19. The Kier molecular flexibility index (Phi) is 3.13. The van der Waals surface area contributed by atoms with Crippen LogP contribution in [0.3, 0.4) is 0 Å². The van der Waals surface area contributed by atoms with Crippen molar-refractivity contribution in [3.05, 3.63) is 85.1 Å². The van der Waals surface area contributed by atoms with Crippen molar-refractivity contribution in [3.63, 3.8) is 0 Å². The van der Waals surface area contributed by atoms with Gasteiger partial charge in [-0.05, 0) is 23.6 Å². The number of nitrogens with zero attached hydrogens (tertiary/aromatic N) is 2. The second-order valence-corrected chi connectivity index (χ2v) is 5.19. The van der Waals surface area contributed by atoms with E-state index in [2.05, 4.69) is 35.3 Å². The average molecular weight is 282 g/mol. The van der Waals surface area contributed by atoms with Crippen LogP contribution in [0.4, 0.5) is 0 Å². The summed E-state index contributed by atoms with van der Waals surface area (Å²) in [5.41, 5.74) is 3.88. The van der Waals surface area contributed by atoms with E-state index in [-0.39, 0.29) is 0 Å². The van der Waals surface area contributed by atoms with Crippen LogP contribution < -0.4 is 0 Å². The van der Waals surface area contributed by atoms with Crippen LogP contribution in [-0.2, 0) is 0 Å². The number of aromatic nitrogens is 2. The van der Waals surface area contributed by atoms with E-state index in [0.717, 1.165) is 28.0 Å². The molecule has 4 rings (SSSR count). The number of pyridine rings is 2. The lowest BCUT2D eigenvalue weighted by Gasteiger charge is -2.05. The molecular weight excluding hydrogens is 268 g/mol. The highest BCUT2D eigenvalue weighted by atomic mass is 14.8. The highest BCUT2D eigenvalue weighted by molar-refractivity contribution is 5.84. The van der Waals surface area contributed by atoms with Gasteiger partial charge in [-0.3, -0.25) is 4.98 Å². The van der Waals surface area contributed by atoms with E-state index in [1.54, 1.807) is 0 Å². The Balaban J connectivity index is 1.81. The van der Waals surface area contributed by atoms with Crippen molar-refractivity contribution in [2.45, 2.75) is 0 Å². The smallest absolute Gasteiger partial charge is 0.0893 e. The third-order valence-corrected chi connectivity index (χ3v) is 3.71. The monoisotopic (exact) mass is 282 g/mol. The van der Waals surface area contributed by atoms with Crippen LogP contribution in [0.5, 0.6) is 0 Å². The molecule has 0 aliphatic rings. The minimum Gasteiger partial charge on any atom is -0.254 e. The normalized spacial score (nSPS) is 10.7. The Morgan fingerprint density at radius 2 is 1.27 bits per heavy atom. The minimum absolute atomic E-state index is 0.895. The molecule has 0 saturated heterocycles. The molecule has 2 heterocycles. The highest BCUT2D eigenvalue weighted by Crippen LogP contribution is 2.23. The molecule has 0 bridgehead atoms. The fraction of sp³-hybridized carbons (Fsp3) is 0. The fourth-order valence-corrected chi connectivity index (χ4v) is 2.57. The summed E-state index contributed by atoms with van der Waals surface area (Å²) >= 11 is 0. The van der Waals surface area contributed by atoms with E-state index in [9.17, 15) is 0 Å². The van der Waals surface area contributed by atoms with E-state index < -0.39 is 0 Å². The van der Waals surface area contributed by atoms with E-state index in [1.165, 1.54) is 5.39 Å². The van der Waals surface area contributed by atoms with Crippen molar-refractivity contribution in [2.75, 3.05) is 0 Å². The summed E-state index contributed by atoms with van der Waals surface area (Å²) in [6, 6.07) is 26.6. The SMILES string of the molecule is c1ccc(-c2cccc(-c3cc4ccccc4cn3)n2)cc1. The Hall–Kier alpha value is -3.00. The van der Waals surface area contributed by atoms with Gasteiger partial charge < -0.3 is 0 Å². The van der Waals surface area contributed by atoms with Crippen LogP contribution in [0, 0.1) is 0 Å². The Morgan fingerprint density at radius 1 is 0.545 bits per heavy atom. The van der Waals surface area contributed by atoms with Crippen molar-refractivity contribution in [1.82, 2.24) is 9.97 Å². The van der Waals surface area contributed by atoms with E-state index >= 15 is 0 Å². The van der Waals surface area contributed by atoms with Crippen molar-refractivity contribution in [2.24, 2.45) is 0 Å². The molecule has 0 saturated carbocycles. The largest absolute Gasteiger partial charge is 0.254 e. The molecule has 0 amide bonds. The maximum absolute atomic E-state index is 4.76. The van der Waals surface area contributed by atoms with E-state index in [1.807, 2.05) is 54.7 Å². The van der Waals surface area contributed by atoms with Crippen molar-refractivity contribution in [3.8, 4) is 22.6 Å². The van der Waals surface area contributed by atoms with Gasteiger partial charge in [0.15, 0.2) is 0 Å². The zero-order chi connectivity index (χ0) is 14.8. The van der Waals surface area contributed by atoms with E-state index in [0.29, 0.717) is 0 Å². The van der Waals surface area contributed by atoms with Gasteiger partial charge in [0.25, 0.3) is 0 Å². The minimum atomic E-state index is 0.895. The molecule has 22 heavy (non-hydrogen) atoms. The van der Waals surface area contributed by atoms with Gasteiger partial charge in [-0.1, -0.05) is 60.7 Å². The Morgan fingerprint density at radius 3 is 2.14 bits per heavy atom. The molecular formula is C20H14N2. The summed E-state index contributed by atoms with van der Waals surface area (Å²) < 4.78 is 0. The molecule has 2 heteroatoms. The molecule has 4 aromatic rings. The van der Waals surface area contributed by atoms with Crippen LogP contribution in [0.1, 0.15) is 0 Å². The molecule has 2 nitrogen and oxygen atoms in total. The summed E-state index contributed by atoms with van der Waals surface area (Å²) in [7, 11) is 0. The van der Waals surface area contributed by atoms with Crippen LogP contribution in [0.25, 0.3) is 33.4 Å². The molecule has 104 valence electrons. The Labute approximate surface area is 129 Å². The van der Waals surface area contributed by atoms with Crippen LogP contribution in [-0.4, -0.2) is 9.97 Å². The predicted octanol–water partition coefficient (Wildman–Crippen LogP) is 4.96. The third-order valence-electron chi connectivity index (χ3n) is 3.71. The first-order chi connectivity index (χ1) is 10.9. The predicted molar refractivity (Wildman–Crippen MR) is 90.4 cm³/mol. The summed E-state index contributed by atoms with van der Waals surface area (Å²) in [6.45, 7) is 0. The summed E-state index contributed by atoms with van der Waals surface area (Å²) in [5.74, 6) is 0. The van der Waals surface area contributed by atoms with Gasteiger partial charge in [0.2, 0.25) is 0 Å². The highest BCUT2D eigenvalue weighted by Gasteiger charge is 2.05. The first-order valence-electron chi connectivity index (χ1n) is 7.28. The maximum atomic E-state index is 4.76. The zero-order valence-corrected chi connectivity index (χ0v) is 12.0. The molecule has 0 radical (unpaired) electrons. The van der Waals surface area contributed by atoms with Gasteiger partial charge in [0.1, 0.15) is 0 Å². The van der Waals surface area contributed by atoms with Crippen LogP contribution >= 0.6 is 0 Å². The van der Waals surface area contributed by atoms with Gasteiger partial charge >= 0.3 is 0 Å². The summed E-state index contributed by atoms with van der Waals surface area (Å²) in [5, 5.41) is 2.32. The number of hydrogen-bond donors (Lipinski definition) is 0. The van der Waals surface area contributed by atoms with Gasteiger partial charge in [0.05, 0.1) is 17.1 Å². The molecule has 0 atom stereocenters. The third kappa shape index (κ3) is 2.35. The first kappa shape index (κ1) is 12.7. The lowest BCUT2D eigenvalue weighted by Crippen LogP contribution is -1.90.